The highest BCUT2D eigenvalue weighted by atomic mass is 32.9. The van der Waals surface area contributed by atoms with Crippen molar-refractivity contribution in [3.63, 3.8) is 0 Å². The van der Waals surface area contributed by atoms with E-state index in [-0.39, 0.29) is 18.0 Å². The molecule has 0 bridgehead atoms. The molecule has 94 valence electrons. The Morgan fingerprint density at radius 1 is 1.59 bits per heavy atom. The molecular formula is C8H9NO6S2. The maximum absolute atomic E-state index is 10.7. The van der Waals surface area contributed by atoms with Gasteiger partial charge in [0.25, 0.3) is 9.05 Å². The van der Waals surface area contributed by atoms with E-state index in [1.165, 1.54) is 25.3 Å². The molecule has 1 aromatic carbocycles. The van der Waals surface area contributed by atoms with Crippen LogP contribution in [0.3, 0.4) is 0 Å². The summed E-state index contributed by atoms with van der Waals surface area (Å²) in [7, 11) is -2.43. The van der Waals surface area contributed by atoms with Crippen molar-refractivity contribution in [2.75, 3.05) is 7.11 Å². The van der Waals surface area contributed by atoms with Gasteiger partial charge >= 0.3 is 5.69 Å². The largest absolute Gasteiger partial charge is 0.490 e. The van der Waals surface area contributed by atoms with E-state index in [0.29, 0.717) is 5.56 Å². The fourth-order valence-electron chi connectivity index (χ4n) is 1.11. The first kappa shape index (κ1) is 13.8. The van der Waals surface area contributed by atoms with Gasteiger partial charge in [-0.2, -0.15) is 4.21 Å². The van der Waals surface area contributed by atoms with Crippen molar-refractivity contribution in [1.29, 1.82) is 0 Å². The molecule has 1 aromatic rings. The Bertz CT molecular complexity index is 527. The molecule has 1 unspecified atom stereocenters. The molecular weight excluding hydrogens is 270 g/mol. The van der Waals surface area contributed by atoms with Crippen molar-refractivity contribution in [2.24, 2.45) is 0 Å². The lowest BCUT2D eigenvalue weighted by molar-refractivity contribution is -0.385. The summed E-state index contributed by atoms with van der Waals surface area (Å²) in [5.74, 6) is 0.0989. The first-order valence-corrected chi connectivity index (χ1v) is 6.63. The summed E-state index contributed by atoms with van der Waals surface area (Å²) in [5, 5.41) is 10.7. The molecule has 7 nitrogen and oxygen atoms in total. The van der Waals surface area contributed by atoms with Gasteiger partial charge < -0.3 is 4.74 Å². The second kappa shape index (κ2) is 5.36. The Labute approximate surface area is 102 Å². The third kappa shape index (κ3) is 4.23. The molecule has 9 heteroatoms. The van der Waals surface area contributed by atoms with Crippen molar-refractivity contribution in [2.45, 2.75) is 6.61 Å². The highest BCUT2D eigenvalue weighted by Crippen LogP contribution is 2.27. The zero-order valence-electron chi connectivity index (χ0n) is 8.69. The smallest absolute Gasteiger partial charge is 0.311 e. The molecule has 1 atom stereocenters. The van der Waals surface area contributed by atoms with Gasteiger partial charge in [0.05, 0.1) is 18.6 Å². The first-order valence-electron chi connectivity index (χ1n) is 4.26. The second-order valence-electron chi connectivity index (χ2n) is 2.95. The van der Waals surface area contributed by atoms with Gasteiger partial charge in [-0.15, -0.1) is 0 Å². The minimum Gasteiger partial charge on any atom is -0.490 e. The molecule has 0 aliphatic heterocycles. The van der Waals surface area contributed by atoms with Crippen molar-refractivity contribution >= 4 is 25.9 Å². The van der Waals surface area contributed by atoms with Gasteiger partial charge in [-0.1, -0.05) is 6.07 Å². The Morgan fingerprint density at radius 3 is 2.71 bits per heavy atom. The number of rotatable bonds is 5. The Balaban J connectivity index is 2.96. The van der Waals surface area contributed by atoms with Crippen LogP contribution in [-0.4, -0.2) is 20.8 Å². The fraction of sp³-hybridized carbons (Fsp3) is 0.250. The zero-order chi connectivity index (χ0) is 13.1. The summed E-state index contributed by atoms with van der Waals surface area (Å²) in [4.78, 5) is 10.1. The summed E-state index contributed by atoms with van der Waals surface area (Å²) in [6.45, 7) is -0.288. The molecule has 0 saturated heterocycles. The van der Waals surface area contributed by atoms with E-state index >= 15 is 0 Å². The fourth-order valence-corrected chi connectivity index (χ4v) is 1.54. The Morgan fingerprint density at radius 2 is 2.24 bits per heavy atom. The molecule has 0 fully saturated rings. The lowest BCUT2D eigenvalue weighted by atomic mass is 10.2. The quantitative estimate of drug-likeness (QED) is 0.639. The molecule has 1 N–H and O–H groups in total. The third-order valence-corrected chi connectivity index (χ3v) is 2.52. The van der Waals surface area contributed by atoms with Crippen molar-refractivity contribution in [3.05, 3.63) is 33.9 Å². The maximum Gasteiger partial charge on any atom is 0.311 e. The topological polar surface area (TPSA) is 98.9 Å². The number of benzene rings is 1. The van der Waals surface area contributed by atoms with Crippen LogP contribution in [0.1, 0.15) is 5.56 Å². The first-order chi connectivity index (χ1) is 7.83. The number of hydrogen-bond donors (Lipinski definition) is 1. The molecule has 0 aromatic heterocycles. The SMILES string of the molecule is COc1ccc(COS(=O)(O)=S)cc1[N+](=O)[O-]. The molecule has 0 saturated carbocycles. The minimum atomic E-state index is -3.74. The van der Waals surface area contributed by atoms with Crippen LogP contribution in [0.25, 0.3) is 0 Å². The highest BCUT2D eigenvalue weighted by molar-refractivity contribution is 8.27. The number of nitro benzene ring substituents is 1. The van der Waals surface area contributed by atoms with E-state index in [1.807, 2.05) is 0 Å². The van der Waals surface area contributed by atoms with Crippen LogP contribution in [-0.2, 0) is 31.0 Å². The van der Waals surface area contributed by atoms with E-state index in [0.717, 1.165) is 0 Å². The molecule has 0 amide bonds. The standard InChI is InChI=1S/C8H9NO6S2/c1-14-8-3-2-6(4-7(8)9(10)11)5-15-17(12,13)16/h2-4H,5H2,1H3,(H,12,13,16). The average Bonchev–Trinajstić information content (AvgIpc) is 2.25. The van der Waals surface area contributed by atoms with Crippen LogP contribution >= 0.6 is 0 Å². The van der Waals surface area contributed by atoms with Crippen LogP contribution in [0.4, 0.5) is 5.69 Å². The van der Waals surface area contributed by atoms with E-state index < -0.39 is 14.0 Å². The highest BCUT2D eigenvalue weighted by Gasteiger charge is 2.15. The summed E-state index contributed by atoms with van der Waals surface area (Å²) in [5.41, 5.74) is 0.103. The molecule has 0 spiro atoms. The maximum atomic E-state index is 10.7. The van der Waals surface area contributed by atoms with Gasteiger partial charge in [0.1, 0.15) is 0 Å². The zero-order valence-corrected chi connectivity index (χ0v) is 10.3. The van der Waals surface area contributed by atoms with Crippen LogP contribution in [0, 0.1) is 10.1 Å². The van der Waals surface area contributed by atoms with E-state index in [2.05, 4.69) is 15.4 Å². The van der Waals surface area contributed by atoms with Gasteiger partial charge in [-0.25, -0.2) is 0 Å². The second-order valence-corrected chi connectivity index (χ2v) is 5.31. The predicted octanol–water partition coefficient (Wildman–Crippen LogP) is 1.25. The number of nitrogens with zero attached hydrogens (tertiary/aromatic N) is 1. The van der Waals surface area contributed by atoms with E-state index in [1.54, 1.807) is 0 Å². The Hall–Kier alpha value is -1.29. The van der Waals surface area contributed by atoms with Gasteiger partial charge in [-0.05, 0) is 11.6 Å². The number of ether oxygens (including phenoxy) is 1. The lowest BCUT2D eigenvalue weighted by Gasteiger charge is -2.05. The molecule has 0 aliphatic carbocycles. The molecule has 0 radical (unpaired) electrons. The molecule has 17 heavy (non-hydrogen) atoms. The van der Waals surface area contributed by atoms with Crippen LogP contribution in [0.2, 0.25) is 0 Å². The van der Waals surface area contributed by atoms with Gasteiger partial charge in [0.2, 0.25) is 0 Å². The normalized spacial score (nSPS) is 14.0. The molecule has 1 rings (SSSR count). The van der Waals surface area contributed by atoms with Crippen LogP contribution in [0.5, 0.6) is 5.75 Å². The third-order valence-electron chi connectivity index (χ3n) is 1.81. The van der Waals surface area contributed by atoms with Crippen LogP contribution in [0.15, 0.2) is 18.2 Å². The van der Waals surface area contributed by atoms with E-state index in [4.69, 9.17) is 9.29 Å². The monoisotopic (exact) mass is 279 g/mol. The average molecular weight is 279 g/mol. The summed E-state index contributed by atoms with van der Waals surface area (Å²) >= 11 is 4.12. The Kier molecular flexibility index (Phi) is 4.34. The molecule has 0 aliphatic rings. The van der Waals surface area contributed by atoms with Gasteiger partial charge in [0, 0.05) is 17.3 Å². The minimum absolute atomic E-state index is 0.0989. The van der Waals surface area contributed by atoms with Crippen LogP contribution < -0.4 is 4.74 Å². The number of methoxy groups -OCH3 is 1. The number of nitro groups is 1. The summed E-state index contributed by atoms with van der Waals surface area (Å²) in [6, 6.07) is 4.05. The summed E-state index contributed by atoms with van der Waals surface area (Å²) < 4.78 is 28.7. The molecule has 0 heterocycles. The van der Waals surface area contributed by atoms with Crippen molar-refractivity contribution < 1.29 is 22.6 Å². The van der Waals surface area contributed by atoms with Gasteiger partial charge in [0.15, 0.2) is 5.75 Å². The summed E-state index contributed by atoms with van der Waals surface area (Å²) in [6.07, 6.45) is 0. The lowest BCUT2D eigenvalue weighted by Crippen LogP contribution is -2.03. The van der Waals surface area contributed by atoms with E-state index in [9.17, 15) is 14.3 Å². The van der Waals surface area contributed by atoms with Crippen molar-refractivity contribution in [1.82, 2.24) is 0 Å². The number of hydrogen-bond acceptors (Lipinski definition) is 6. The van der Waals surface area contributed by atoms with Gasteiger partial charge in [-0.3, -0.25) is 18.9 Å². The predicted molar refractivity (Wildman–Crippen MR) is 62.6 cm³/mol. The van der Waals surface area contributed by atoms with Crippen molar-refractivity contribution in [3.8, 4) is 5.75 Å².